The van der Waals surface area contributed by atoms with Crippen molar-refractivity contribution in [2.45, 2.75) is 65.9 Å². The third-order valence-electron chi connectivity index (χ3n) is 3.42. The maximum atomic E-state index is 5.26. The van der Waals surface area contributed by atoms with Gasteiger partial charge in [0.1, 0.15) is 0 Å². The van der Waals surface area contributed by atoms with E-state index in [1.54, 1.807) is 7.11 Å². The molecule has 0 saturated carbocycles. The molecule has 0 radical (unpaired) electrons. The average molecular weight is 200 g/mol. The van der Waals surface area contributed by atoms with Gasteiger partial charge < -0.3 is 4.74 Å². The summed E-state index contributed by atoms with van der Waals surface area (Å²) in [6.45, 7) is 9.19. The fourth-order valence-electron chi connectivity index (χ4n) is 1.71. The minimum atomic E-state index is 0.427. The molecule has 3 atom stereocenters. The van der Waals surface area contributed by atoms with Crippen molar-refractivity contribution < 1.29 is 4.74 Å². The Hall–Kier alpha value is -0.0400. The summed E-state index contributed by atoms with van der Waals surface area (Å²) in [4.78, 5) is 0. The van der Waals surface area contributed by atoms with Gasteiger partial charge >= 0.3 is 0 Å². The first-order chi connectivity index (χ1) is 6.61. The van der Waals surface area contributed by atoms with Crippen molar-refractivity contribution in [1.29, 1.82) is 0 Å². The minimum Gasteiger partial charge on any atom is -0.382 e. The minimum absolute atomic E-state index is 0.427. The van der Waals surface area contributed by atoms with Crippen molar-refractivity contribution in [3.8, 4) is 0 Å². The van der Waals surface area contributed by atoms with Gasteiger partial charge in [0, 0.05) is 7.11 Å². The van der Waals surface area contributed by atoms with Crippen LogP contribution in [0.4, 0.5) is 0 Å². The highest BCUT2D eigenvalue weighted by Gasteiger charge is 2.12. The largest absolute Gasteiger partial charge is 0.382 e. The van der Waals surface area contributed by atoms with Gasteiger partial charge in [-0.15, -0.1) is 0 Å². The van der Waals surface area contributed by atoms with Gasteiger partial charge in [0.2, 0.25) is 0 Å². The molecule has 0 bridgehead atoms. The second-order valence-corrected chi connectivity index (χ2v) is 4.72. The Morgan fingerprint density at radius 2 is 1.50 bits per heavy atom. The van der Waals surface area contributed by atoms with Crippen LogP contribution in [0, 0.1) is 11.8 Å². The van der Waals surface area contributed by atoms with Gasteiger partial charge in [0.25, 0.3) is 0 Å². The normalized spacial score (nSPS) is 17.8. The van der Waals surface area contributed by atoms with Gasteiger partial charge in [-0.05, 0) is 31.6 Å². The van der Waals surface area contributed by atoms with E-state index in [0.29, 0.717) is 6.10 Å². The molecule has 0 saturated heterocycles. The van der Waals surface area contributed by atoms with Crippen LogP contribution >= 0.6 is 0 Å². The molecule has 1 heteroatoms. The Bertz CT molecular complexity index is 122. The molecule has 3 unspecified atom stereocenters. The zero-order valence-electron chi connectivity index (χ0n) is 10.7. The third kappa shape index (κ3) is 6.42. The van der Waals surface area contributed by atoms with Crippen molar-refractivity contribution in [2.24, 2.45) is 11.8 Å². The Morgan fingerprint density at radius 1 is 0.929 bits per heavy atom. The molecular formula is C13H28O. The van der Waals surface area contributed by atoms with Crippen LogP contribution in [0.5, 0.6) is 0 Å². The highest BCUT2D eigenvalue weighted by Crippen LogP contribution is 2.22. The Kier molecular flexibility index (Phi) is 8.26. The van der Waals surface area contributed by atoms with E-state index in [4.69, 9.17) is 4.74 Å². The molecule has 14 heavy (non-hydrogen) atoms. The number of hydrogen-bond donors (Lipinski definition) is 0. The summed E-state index contributed by atoms with van der Waals surface area (Å²) in [6, 6.07) is 0. The summed E-state index contributed by atoms with van der Waals surface area (Å²) < 4.78 is 5.26. The number of unbranched alkanes of at least 4 members (excludes halogenated alkanes) is 1. The Morgan fingerprint density at radius 3 is 2.00 bits per heavy atom. The summed E-state index contributed by atoms with van der Waals surface area (Å²) >= 11 is 0. The zero-order chi connectivity index (χ0) is 11.0. The SMILES string of the molecule is CCCCC(C)C(C)CCC(C)OC. The molecule has 0 fully saturated rings. The van der Waals surface area contributed by atoms with Gasteiger partial charge in [0.05, 0.1) is 6.10 Å². The average Bonchev–Trinajstić information content (AvgIpc) is 2.21. The smallest absolute Gasteiger partial charge is 0.0543 e. The first-order valence-corrected chi connectivity index (χ1v) is 6.14. The van der Waals surface area contributed by atoms with Crippen molar-refractivity contribution in [3.63, 3.8) is 0 Å². The first kappa shape index (κ1) is 14.0. The molecule has 0 amide bonds. The number of rotatable bonds is 8. The summed E-state index contributed by atoms with van der Waals surface area (Å²) in [7, 11) is 1.80. The topological polar surface area (TPSA) is 9.23 Å². The van der Waals surface area contributed by atoms with E-state index in [2.05, 4.69) is 27.7 Å². The maximum absolute atomic E-state index is 5.26. The lowest BCUT2D eigenvalue weighted by molar-refractivity contribution is 0.102. The van der Waals surface area contributed by atoms with Gasteiger partial charge in [-0.1, -0.05) is 40.0 Å². The van der Waals surface area contributed by atoms with Crippen LogP contribution in [0.3, 0.4) is 0 Å². The van der Waals surface area contributed by atoms with Crippen LogP contribution in [-0.2, 0) is 4.74 Å². The number of hydrogen-bond acceptors (Lipinski definition) is 1. The lowest BCUT2D eigenvalue weighted by atomic mass is 9.87. The van der Waals surface area contributed by atoms with E-state index in [-0.39, 0.29) is 0 Å². The van der Waals surface area contributed by atoms with Crippen molar-refractivity contribution >= 4 is 0 Å². The van der Waals surface area contributed by atoms with E-state index < -0.39 is 0 Å². The first-order valence-electron chi connectivity index (χ1n) is 6.14. The van der Waals surface area contributed by atoms with Gasteiger partial charge in [-0.3, -0.25) is 0 Å². The van der Waals surface area contributed by atoms with E-state index in [1.807, 2.05) is 0 Å². The molecule has 86 valence electrons. The molecule has 0 aliphatic heterocycles. The van der Waals surface area contributed by atoms with Crippen LogP contribution in [0.25, 0.3) is 0 Å². The monoisotopic (exact) mass is 200 g/mol. The van der Waals surface area contributed by atoms with Crippen molar-refractivity contribution in [1.82, 2.24) is 0 Å². The van der Waals surface area contributed by atoms with Gasteiger partial charge in [-0.25, -0.2) is 0 Å². The predicted octanol–water partition coefficient (Wildman–Crippen LogP) is 4.26. The summed E-state index contributed by atoms with van der Waals surface area (Å²) in [5.41, 5.74) is 0. The Labute approximate surface area is 90.2 Å². The zero-order valence-corrected chi connectivity index (χ0v) is 10.7. The molecule has 0 aliphatic carbocycles. The molecule has 0 aromatic heterocycles. The predicted molar refractivity (Wildman–Crippen MR) is 63.6 cm³/mol. The van der Waals surface area contributed by atoms with Crippen molar-refractivity contribution in [3.05, 3.63) is 0 Å². The second-order valence-electron chi connectivity index (χ2n) is 4.72. The highest BCUT2D eigenvalue weighted by molar-refractivity contribution is 4.64. The molecule has 0 heterocycles. The fraction of sp³-hybridized carbons (Fsp3) is 1.00. The quantitative estimate of drug-likeness (QED) is 0.569. The maximum Gasteiger partial charge on any atom is 0.0543 e. The molecule has 1 nitrogen and oxygen atoms in total. The standard InChI is InChI=1S/C13H28O/c1-6-7-8-11(2)12(3)9-10-13(4)14-5/h11-13H,6-10H2,1-5H3. The lowest BCUT2D eigenvalue weighted by Crippen LogP contribution is -2.12. The third-order valence-corrected chi connectivity index (χ3v) is 3.42. The summed E-state index contributed by atoms with van der Waals surface area (Å²) in [5, 5.41) is 0. The van der Waals surface area contributed by atoms with Gasteiger partial charge in [0.15, 0.2) is 0 Å². The van der Waals surface area contributed by atoms with Crippen LogP contribution in [0.1, 0.15) is 59.8 Å². The van der Waals surface area contributed by atoms with E-state index in [9.17, 15) is 0 Å². The van der Waals surface area contributed by atoms with Crippen LogP contribution < -0.4 is 0 Å². The highest BCUT2D eigenvalue weighted by atomic mass is 16.5. The lowest BCUT2D eigenvalue weighted by Gasteiger charge is -2.21. The van der Waals surface area contributed by atoms with E-state index in [1.165, 1.54) is 32.1 Å². The number of ether oxygens (including phenoxy) is 1. The summed E-state index contributed by atoms with van der Waals surface area (Å²) in [6.07, 6.45) is 7.03. The van der Waals surface area contributed by atoms with E-state index in [0.717, 1.165) is 11.8 Å². The van der Waals surface area contributed by atoms with Crippen LogP contribution in [-0.4, -0.2) is 13.2 Å². The molecule has 0 rings (SSSR count). The molecular weight excluding hydrogens is 172 g/mol. The van der Waals surface area contributed by atoms with Gasteiger partial charge in [-0.2, -0.15) is 0 Å². The van der Waals surface area contributed by atoms with Crippen molar-refractivity contribution in [2.75, 3.05) is 7.11 Å². The molecule has 0 spiro atoms. The summed E-state index contributed by atoms with van der Waals surface area (Å²) in [5.74, 6) is 1.72. The Balaban J connectivity index is 3.55. The molecule has 0 aliphatic rings. The fourth-order valence-corrected chi connectivity index (χ4v) is 1.71. The van der Waals surface area contributed by atoms with E-state index >= 15 is 0 Å². The number of methoxy groups -OCH3 is 1. The van der Waals surface area contributed by atoms with Crippen LogP contribution in [0.15, 0.2) is 0 Å². The molecule has 0 N–H and O–H groups in total. The molecule has 0 aromatic carbocycles. The molecule has 0 aromatic rings. The van der Waals surface area contributed by atoms with Crippen LogP contribution in [0.2, 0.25) is 0 Å². The second kappa shape index (κ2) is 8.28.